The molecule has 1 aliphatic heterocycles. The molecule has 3 aliphatic rings. The number of nitrogens with zero attached hydrogens (tertiary/aromatic N) is 5. The van der Waals surface area contributed by atoms with Gasteiger partial charge < -0.3 is 30.2 Å². The average molecular weight is 742 g/mol. The van der Waals surface area contributed by atoms with Crippen LogP contribution in [0.4, 0.5) is 4.79 Å². The van der Waals surface area contributed by atoms with Gasteiger partial charge in [0.25, 0.3) is 0 Å². The lowest BCUT2D eigenvalue weighted by molar-refractivity contribution is -0.135. The van der Waals surface area contributed by atoms with Gasteiger partial charge in [-0.2, -0.15) is 0 Å². The van der Waals surface area contributed by atoms with Crippen molar-refractivity contribution in [1.82, 2.24) is 45.4 Å². The fourth-order valence-electron chi connectivity index (χ4n) is 8.96. The Balaban J connectivity index is 0.918. The van der Waals surface area contributed by atoms with Gasteiger partial charge in [-0.25, -0.2) is 14.8 Å². The van der Waals surface area contributed by atoms with Crippen molar-refractivity contribution in [2.45, 2.75) is 70.5 Å². The van der Waals surface area contributed by atoms with E-state index in [1.165, 1.54) is 7.11 Å². The highest BCUT2D eigenvalue weighted by molar-refractivity contribution is 5.86. The van der Waals surface area contributed by atoms with Crippen LogP contribution in [-0.2, 0) is 20.9 Å². The number of aromatic amines is 2. The first-order valence-electron chi connectivity index (χ1n) is 19.3. The summed E-state index contributed by atoms with van der Waals surface area (Å²) < 4.78 is 4.76. The largest absolute Gasteiger partial charge is 0.453 e. The molecule has 13 heteroatoms. The third-order valence-electron chi connectivity index (χ3n) is 11.8. The monoisotopic (exact) mass is 741 g/mol. The molecule has 1 saturated heterocycles. The number of fused-ring (bicyclic) bond motifs is 2. The normalized spacial score (nSPS) is 22.2. The van der Waals surface area contributed by atoms with E-state index < -0.39 is 12.1 Å². The number of amides is 3. The minimum absolute atomic E-state index is 0.0720. The van der Waals surface area contributed by atoms with E-state index >= 15 is 0 Å². The van der Waals surface area contributed by atoms with Crippen LogP contribution >= 0.6 is 0 Å². The highest BCUT2D eigenvalue weighted by Gasteiger charge is 2.52. The van der Waals surface area contributed by atoms with E-state index in [2.05, 4.69) is 84.1 Å². The van der Waals surface area contributed by atoms with Gasteiger partial charge in [-0.3, -0.25) is 19.6 Å². The van der Waals surface area contributed by atoms with Crippen molar-refractivity contribution >= 4 is 17.9 Å². The van der Waals surface area contributed by atoms with Crippen molar-refractivity contribution in [2.24, 2.45) is 23.7 Å². The van der Waals surface area contributed by atoms with Crippen molar-refractivity contribution in [1.29, 1.82) is 0 Å². The number of alkyl carbamates (subject to hydrolysis) is 1. The molecule has 5 aromatic rings. The standard InChI is InChI=1S/C42H47N9O4/c1-24(2)37(50-42(54)55-3)41(53)51-18-4-5-34(51)38-45-22-32(48-38)27-10-6-25(7-11-27)26-8-12-28(13-9-26)33-23-46-39(49-33)35-29-14-15-30(19-29)36(35)40(52)47-21-31-20-43-16-17-44-31/h6-13,16-17,20,22-24,29-30,34-37H,4-5,14-15,18-19,21H2,1-3H3,(H,45,48)(H,46,49)(H,47,52)(H,50,54)/t29-,30+,34-,35+,36+,37-/m0/s1. The van der Waals surface area contributed by atoms with Crippen LogP contribution in [0.2, 0.25) is 0 Å². The maximum Gasteiger partial charge on any atom is 0.407 e. The number of ether oxygens (including phenoxy) is 1. The van der Waals surface area contributed by atoms with Crippen LogP contribution in [0.5, 0.6) is 0 Å². The summed E-state index contributed by atoms with van der Waals surface area (Å²) in [5.74, 6) is 2.28. The van der Waals surface area contributed by atoms with E-state index in [4.69, 9.17) is 9.72 Å². The van der Waals surface area contributed by atoms with Crippen molar-refractivity contribution in [2.75, 3.05) is 13.7 Å². The second-order valence-electron chi connectivity index (χ2n) is 15.4. The summed E-state index contributed by atoms with van der Waals surface area (Å²) in [6, 6.07) is 15.9. The molecule has 3 aromatic heterocycles. The minimum Gasteiger partial charge on any atom is -0.453 e. The maximum absolute atomic E-state index is 13.5. The summed E-state index contributed by atoms with van der Waals surface area (Å²) in [6.07, 6.45) is 13.0. The van der Waals surface area contributed by atoms with E-state index in [-0.39, 0.29) is 35.6 Å². The van der Waals surface area contributed by atoms with Crippen LogP contribution in [0.3, 0.4) is 0 Å². The SMILES string of the molecule is COC(=O)N[C@H](C(=O)N1CCC[C@H]1c1ncc(-c2ccc(-c3ccc(-c4cnc([C@@H]5[C@H]6CC[C@H](C6)[C@H]5C(=O)NCc5cnccn5)[nH]4)cc3)cc2)[nH]1)C(C)C. The Morgan fingerprint density at radius 3 is 2.09 bits per heavy atom. The number of carbonyl (C=O) groups is 3. The van der Waals surface area contributed by atoms with Crippen molar-refractivity contribution in [3.63, 3.8) is 0 Å². The highest BCUT2D eigenvalue weighted by atomic mass is 16.5. The molecule has 2 aromatic carbocycles. The number of H-pyrrole nitrogens is 2. The Morgan fingerprint density at radius 2 is 1.45 bits per heavy atom. The third-order valence-corrected chi connectivity index (χ3v) is 11.8. The molecule has 0 spiro atoms. The lowest BCUT2D eigenvalue weighted by Gasteiger charge is -2.30. The summed E-state index contributed by atoms with van der Waals surface area (Å²) in [5.41, 5.74) is 6.77. The van der Waals surface area contributed by atoms with Crippen LogP contribution in [0, 0.1) is 23.7 Å². The summed E-state index contributed by atoms with van der Waals surface area (Å²) in [7, 11) is 1.30. The molecule has 2 bridgehead atoms. The lowest BCUT2D eigenvalue weighted by atomic mass is 9.78. The molecule has 3 fully saturated rings. The molecule has 2 aliphatic carbocycles. The minimum atomic E-state index is -0.678. The second-order valence-corrected chi connectivity index (χ2v) is 15.4. The summed E-state index contributed by atoms with van der Waals surface area (Å²) in [6.45, 7) is 4.79. The number of hydrogen-bond donors (Lipinski definition) is 4. The Morgan fingerprint density at radius 1 is 0.818 bits per heavy atom. The van der Waals surface area contributed by atoms with Crippen molar-refractivity contribution in [3.05, 3.63) is 96.9 Å². The molecule has 6 atom stereocenters. The van der Waals surface area contributed by atoms with Crippen LogP contribution in [0.1, 0.15) is 75.3 Å². The number of hydrogen-bond acceptors (Lipinski definition) is 8. The molecule has 13 nitrogen and oxygen atoms in total. The number of likely N-dealkylation sites (tertiary alicyclic amines) is 1. The Hall–Kier alpha value is -5.85. The molecule has 4 N–H and O–H groups in total. The Kier molecular flexibility index (Phi) is 10.2. The van der Waals surface area contributed by atoms with E-state index in [1.54, 1.807) is 18.6 Å². The van der Waals surface area contributed by atoms with Gasteiger partial charge in [-0.05, 0) is 72.1 Å². The first-order valence-corrected chi connectivity index (χ1v) is 19.3. The molecule has 8 rings (SSSR count). The summed E-state index contributed by atoms with van der Waals surface area (Å²) in [4.78, 5) is 65.7. The Labute approximate surface area is 320 Å². The molecule has 284 valence electrons. The predicted molar refractivity (Wildman–Crippen MR) is 206 cm³/mol. The molecule has 3 amide bonds. The zero-order valence-corrected chi connectivity index (χ0v) is 31.4. The number of rotatable bonds is 11. The van der Waals surface area contributed by atoms with Gasteiger partial charge in [0.1, 0.15) is 17.7 Å². The molecule has 55 heavy (non-hydrogen) atoms. The van der Waals surface area contributed by atoms with Gasteiger partial charge in [0.05, 0.1) is 61.3 Å². The van der Waals surface area contributed by atoms with Crippen LogP contribution in [0.15, 0.2) is 79.5 Å². The lowest BCUT2D eigenvalue weighted by Crippen LogP contribution is -2.51. The number of aromatic nitrogens is 6. The van der Waals surface area contributed by atoms with E-state index in [0.29, 0.717) is 24.9 Å². The molecule has 0 radical (unpaired) electrons. The summed E-state index contributed by atoms with van der Waals surface area (Å²) in [5, 5.41) is 5.82. The molecular weight excluding hydrogens is 695 g/mol. The van der Waals surface area contributed by atoms with E-state index in [9.17, 15) is 14.4 Å². The molecule has 2 saturated carbocycles. The number of benzene rings is 2. The van der Waals surface area contributed by atoms with Gasteiger partial charge in [0.15, 0.2) is 0 Å². The fourth-order valence-corrected chi connectivity index (χ4v) is 8.96. The van der Waals surface area contributed by atoms with Gasteiger partial charge in [-0.15, -0.1) is 0 Å². The van der Waals surface area contributed by atoms with Crippen molar-refractivity contribution < 1.29 is 19.1 Å². The second kappa shape index (κ2) is 15.5. The number of methoxy groups -OCH3 is 1. The Bertz CT molecular complexity index is 2130. The van der Waals surface area contributed by atoms with Crippen molar-refractivity contribution in [3.8, 4) is 33.6 Å². The molecule has 4 heterocycles. The molecule has 0 unspecified atom stereocenters. The van der Waals surface area contributed by atoms with E-state index in [1.807, 2.05) is 31.1 Å². The van der Waals surface area contributed by atoms with Gasteiger partial charge in [-0.1, -0.05) is 62.4 Å². The van der Waals surface area contributed by atoms with Gasteiger partial charge in [0, 0.05) is 24.9 Å². The maximum atomic E-state index is 13.5. The van der Waals surface area contributed by atoms with E-state index in [0.717, 1.165) is 83.1 Å². The van der Waals surface area contributed by atoms with Crippen LogP contribution in [-0.4, -0.2) is 72.4 Å². The number of imidazole rings is 2. The smallest absolute Gasteiger partial charge is 0.407 e. The summed E-state index contributed by atoms with van der Waals surface area (Å²) >= 11 is 0. The number of nitrogens with one attached hydrogen (secondary N) is 4. The predicted octanol–water partition coefficient (Wildman–Crippen LogP) is 6.41. The number of carbonyl (C=O) groups excluding carboxylic acids is 3. The van der Waals surface area contributed by atoms with Gasteiger partial charge in [0.2, 0.25) is 11.8 Å². The quantitative estimate of drug-likeness (QED) is 0.120. The van der Waals surface area contributed by atoms with Crippen LogP contribution in [0.25, 0.3) is 33.6 Å². The van der Waals surface area contributed by atoms with Crippen LogP contribution < -0.4 is 10.6 Å². The third kappa shape index (κ3) is 7.35. The first-order chi connectivity index (χ1) is 26.8. The average Bonchev–Trinajstić information content (AvgIpc) is 4.07. The topological polar surface area (TPSA) is 171 Å². The highest BCUT2D eigenvalue weighted by Crippen LogP contribution is 2.56. The molecular formula is C42H47N9O4. The first kappa shape index (κ1) is 36.1. The zero-order chi connectivity index (χ0) is 38.1. The van der Waals surface area contributed by atoms with Gasteiger partial charge >= 0.3 is 6.09 Å². The zero-order valence-electron chi connectivity index (χ0n) is 31.4. The fraction of sp³-hybridized carbons (Fsp3) is 0.405.